The molecule has 1 amide bonds. The Morgan fingerprint density at radius 1 is 0.773 bits per heavy atom. The molecule has 0 heterocycles. The second-order valence-corrected chi connectivity index (χ2v) is 6.27. The van der Waals surface area contributed by atoms with Gasteiger partial charge >= 0.3 is 0 Å². The van der Waals surface area contributed by atoms with Crippen LogP contribution in [0.25, 0.3) is 0 Å². The molecule has 0 rings (SSSR count). The zero-order chi connectivity index (χ0) is 16.5. The van der Waals surface area contributed by atoms with Crippen LogP contribution in [0.5, 0.6) is 0 Å². The molecule has 2 heteroatoms. The van der Waals surface area contributed by atoms with Gasteiger partial charge in [0.25, 0.3) is 0 Å². The van der Waals surface area contributed by atoms with E-state index in [2.05, 4.69) is 31.2 Å². The van der Waals surface area contributed by atoms with Crippen LogP contribution in [-0.2, 0) is 4.79 Å². The van der Waals surface area contributed by atoms with E-state index in [0.717, 1.165) is 12.8 Å². The molecule has 0 saturated carbocycles. The molecule has 0 radical (unpaired) electrons. The first-order chi connectivity index (χ1) is 10.7. The highest BCUT2D eigenvalue weighted by atomic mass is 16.2. The molecule has 0 unspecified atom stereocenters. The molecule has 128 valence electrons. The molecule has 2 nitrogen and oxygen atoms in total. The van der Waals surface area contributed by atoms with Crippen molar-refractivity contribution in [3.05, 3.63) is 24.3 Å². The van der Waals surface area contributed by atoms with Gasteiger partial charge in [-0.25, -0.2) is 0 Å². The van der Waals surface area contributed by atoms with E-state index in [0.29, 0.717) is 6.42 Å². The predicted octanol–water partition coefficient (Wildman–Crippen LogP) is 5.89. The van der Waals surface area contributed by atoms with Crippen molar-refractivity contribution in [2.45, 2.75) is 84.0 Å². The second kappa shape index (κ2) is 16.3. The zero-order valence-corrected chi connectivity index (χ0v) is 15.2. The lowest BCUT2D eigenvalue weighted by Crippen LogP contribution is -2.20. The zero-order valence-electron chi connectivity index (χ0n) is 15.2. The summed E-state index contributed by atoms with van der Waals surface area (Å²) in [5.74, 6) is 0.255. The number of hydrogen-bond acceptors (Lipinski definition) is 1. The van der Waals surface area contributed by atoms with E-state index in [1.807, 2.05) is 14.1 Å². The van der Waals surface area contributed by atoms with Crippen LogP contribution in [-0.4, -0.2) is 24.9 Å². The number of allylic oxidation sites excluding steroid dienone is 4. The Kier molecular flexibility index (Phi) is 15.5. The van der Waals surface area contributed by atoms with Crippen LogP contribution in [0, 0.1) is 0 Å². The first-order valence-corrected chi connectivity index (χ1v) is 9.18. The minimum Gasteiger partial charge on any atom is -0.349 e. The van der Waals surface area contributed by atoms with Crippen LogP contribution in [0.15, 0.2) is 24.3 Å². The van der Waals surface area contributed by atoms with Crippen LogP contribution in [0.3, 0.4) is 0 Å². The van der Waals surface area contributed by atoms with Crippen molar-refractivity contribution in [3.63, 3.8) is 0 Å². The van der Waals surface area contributed by atoms with Gasteiger partial charge in [0.05, 0.1) is 0 Å². The number of rotatable bonds is 14. The summed E-state index contributed by atoms with van der Waals surface area (Å²) in [6, 6.07) is 0. The Bertz CT molecular complexity index is 305. The average molecular weight is 308 g/mol. The summed E-state index contributed by atoms with van der Waals surface area (Å²) in [4.78, 5) is 13.1. The number of unbranched alkanes of at least 4 members (excludes halogenated alkanes) is 8. The molecule has 22 heavy (non-hydrogen) atoms. The molecule has 0 spiro atoms. The van der Waals surface area contributed by atoms with Gasteiger partial charge < -0.3 is 4.90 Å². The predicted molar refractivity (Wildman–Crippen MR) is 98.1 cm³/mol. The number of carbonyl (C=O) groups excluding carboxylic acids is 1. The van der Waals surface area contributed by atoms with E-state index in [1.54, 1.807) is 4.90 Å². The topological polar surface area (TPSA) is 20.3 Å². The standard InChI is InChI=1S/C20H37NO/c1-4-5-6-7-8-9-10-11-12-13-14-15-16-17-18-19-20(22)21(2)3/h8-9,11-12H,4-7,10,13-19H2,1-3H3/b9-8+,12-11+. The van der Waals surface area contributed by atoms with E-state index >= 15 is 0 Å². The summed E-state index contributed by atoms with van der Waals surface area (Å²) in [7, 11) is 3.66. The Morgan fingerprint density at radius 2 is 1.32 bits per heavy atom. The van der Waals surface area contributed by atoms with Crippen molar-refractivity contribution in [2.24, 2.45) is 0 Å². The lowest BCUT2D eigenvalue weighted by molar-refractivity contribution is -0.128. The van der Waals surface area contributed by atoms with Gasteiger partial charge in [0.15, 0.2) is 0 Å². The minimum atomic E-state index is 0.255. The maximum absolute atomic E-state index is 11.4. The van der Waals surface area contributed by atoms with E-state index in [4.69, 9.17) is 0 Å². The summed E-state index contributed by atoms with van der Waals surface area (Å²) < 4.78 is 0. The summed E-state index contributed by atoms with van der Waals surface area (Å²) in [6.07, 6.45) is 23.4. The largest absolute Gasteiger partial charge is 0.349 e. The van der Waals surface area contributed by atoms with Crippen molar-refractivity contribution in [1.82, 2.24) is 4.90 Å². The van der Waals surface area contributed by atoms with Crippen molar-refractivity contribution < 1.29 is 4.79 Å². The van der Waals surface area contributed by atoms with Crippen LogP contribution in [0.4, 0.5) is 0 Å². The fourth-order valence-corrected chi connectivity index (χ4v) is 2.31. The molecule has 0 aliphatic rings. The molecule has 0 aliphatic heterocycles. The van der Waals surface area contributed by atoms with E-state index < -0.39 is 0 Å². The Hall–Kier alpha value is -1.05. The van der Waals surface area contributed by atoms with E-state index in [9.17, 15) is 4.79 Å². The number of hydrogen-bond donors (Lipinski definition) is 0. The highest BCUT2D eigenvalue weighted by molar-refractivity contribution is 5.75. The monoisotopic (exact) mass is 307 g/mol. The summed E-state index contributed by atoms with van der Waals surface area (Å²) in [5.41, 5.74) is 0. The van der Waals surface area contributed by atoms with Gasteiger partial charge in [0.1, 0.15) is 0 Å². The number of nitrogens with zero attached hydrogens (tertiary/aromatic N) is 1. The lowest BCUT2D eigenvalue weighted by atomic mass is 10.1. The van der Waals surface area contributed by atoms with Crippen molar-refractivity contribution in [1.29, 1.82) is 0 Å². The van der Waals surface area contributed by atoms with E-state index in [-0.39, 0.29) is 5.91 Å². The van der Waals surface area contributed by atoms with Gasteiger partial charge in [-0.3, -0.25) is 4.79 Å². The molecule has 0 aromatic rings. The maximum atomic E-state index is 11.4. The Labute approximate surface area is 138 Å². The summed E-state index contributed by atoms with van der Waals surface area (Å²) in [5, 5.41) is 0. The first kappa shape index (κ1) is 20.9. The van der Waals surface area contributed by atoms with Crippen LogP contribution in [0.2, 0.25) is 0 Å². The third kappa shape index (κ3) is 15.3. The fraction of sp³-hybridized carbons (Fsp3) is 0.750. The quantitative estimate of drug-likeness (QED) is 0.289. The molecule has 0 fully saturated rings. The number of carbonyl (C=O) groups is 1. The van der Waals surface area contributed by atoms with Crippen molar-refractivity contribution in [3.8, 4) is 0 Å². The molecular formula is C20H37NO. The molecule has 0 atom stereocenters. The molecule has 0 saturated heterocycles. The summed E-state index contributed by atoms with van der Waals surface area (Å²) >= 11 is 0. The number of amides is 1. The van der Waals surface area contributed by atoms with Crippen molar-refractivity contribution in [2.75, 3.05) is 14.1 Å². The normalized spacial score (nSPS) is 11.6. The Balaban J connectivity index is 3.25. The molecule has 0 N–H and O–H groups in total. The van der Waals surface area contributed by atoms with Gasteiger partial charge in [0.2, 0.25) is 5.91 Å². The molecular weight excluding hydrogens is 270 g/mol. The molecule has 0 bridgehead atoms. The molecule has 0 aromatic heterocycles. The van der Waals surface area contributed by atoms with Gasteiger partial charge in [-0.15, -0.1) is 0 Å². The lowest BCUT2D eigenvalue weighted by Gasteiger charge is -2.09. The SMILES string of the molecule is CCCCC/C=C/C/C=C/CCCCCCCC(=O)N(C)C. The van der Waals surface area contributed by atoms with Crippen LogP contribution < -0.4 is 0 Å². The van der Waals surface area contributed by atoms with Gasteiger partial charge in [-0.2, -0.15) is 0 Å². The molecule has 0 aromatic carbocycles. The minimum absolute atomic E-state index is 0.255. The highest BCUT2D eigenvalue weighted by Gasteiger charge is 2.02. The van der Waals surface area contributed by atoms with Gasteiger partial charge in [-0.05, 0) is 38.5 Å². The maximum Gasteiger partial charge on any atom is 0.222 e. The average Bonchev–Trinajstić information content (AvgIpc) is 2.50. The third-order valence-electron chi connectivity index (χ3n) is 3.84. The first-order valence-electron chi connectivity index (χ1n) is 9.18. The van der Waals surface area contributed by atoms with E-state index in [1.165, 1.54) is 57.8 Å². The fourth-order valence-electron chi connectivity index (χ4n) is 2.31. The molecule has 0 aliphatic carbocycles. The summed E-state index contributed by atoms with van der Waals surface area (Å²) in [6.45, 7) is 2.25. The van der Waals surface area contributed by atoms with Crippen LogP contribution in [0.1, 0.15) is 84.0 Å². The Morgan fingerprint density at radius 3 is 1.91 bits per heavy atom. The van der Waals surface area contributed by atoms with Crippen molar-refractivity contribution >= 4 is 5.91 Å². The smallest absolute Gasteiger partial charge is 0.222 e. The van der Waals surface area contributed by atoms with Gasteiger partial charge in [0, 0.05) is 20.5 Å². The third-order valence-corrected chi connectivity index (χ3v) is 3.84. The van der Waals surface area contributed by atoms with Gasteiger partial charge in [-0.1, -0.05) is 63.3 Å². The second-order valence-electron chi connectivity index (χ2n) is 6.27. The highest BCUT2D eigenvalue weighted by Crippen LogP contribution is 2.08. The van der Waals surface area contributed by atoms with Crippen LogP contribution >= 0.6 is 0 Å².